The number of hydrogen-bond donors (Lipinski definition) is 1. The quantitative estimate of drug-likeness (QED) is 0.0942. The fraction of sp³-hybridized carbons (Fsp3) is 0.400. The van der Waals surface area contributed by atoms with Gasteiger partial charge in [0.1, 0.15) is 16.9 Å². The van der Waals surface area contributed by atoms with E-state index in [1.807, 2.05) is 53.8 Å². The molecule has 1 N–H and O–H groups in total. The van der Waals surface area contributed by atoms with E-state index in [-0.39, 0.29) is 47.9 Å². The minimum absolute atomic E-state index is 0. The summed E-state index contributed by atoms with van der Waals surface area (Å²) < 4.78 is 8.79. The van der Waals surface area contributed by atoms with Crippen molar-refractivity contribution in [2.45, 2.75) is 93.4 Å². The topological polar surface area (TPSA) is 63.3 Å². The van der Waals surface area contributed by atoms with Gasteiger partial charge in [-0.15, -0.1) is 34.9 Å². The van der Waals surface area contributed by atoms with E-state index in [1.54, 1.807) is 22.7 Å². The van der Waals surface area contributed by atoms with Crippen LogP contribution < -0.4 is 0 Å². The molecule has 0 unspecified atom stereocenters. The maximum atomic E-state index is 12.2. The average molecular weight is 845 g/mol. The number of nitrogens with zero attached hydrogens (tertiary/aromatic N) is 1. The summed E-state index contributed by atoms with van der Waals surface area (Å²) in [6.45, 7) is 18.9. The van der Waals surface area contributed by atoms with Crippen LogP contribution in [-0.2, 0) is 30.3 Å². The third-order valence-corrected chi connectivity index (χ3v) is 11.9. The van der Waals surface area contributed by atoms with Crippen molar-refractivity contribution in [3.8, 4) is 11.3 Å². The molecule has 0 saturated heterocycles. The van der Waals surface area contributed by atoms with Crippen LogP contribution in [0.15, 0.2) is 69.6 Å². The first kappa shape index (κ1) is 37.0. The first-order valence-corrected chi connectivity index (χ1v) is 18.1. The van der Waals surface area contributed by atoms with Gasteiger partial charge < -0.3 is 9.52 Å². The van der Waals surface area contributed by atoms with Crippen LogP contribution in [-0.4, -0.2) is 15.9 Å². The van der Waals surface area contributed by atoms with Crippen LogP contribution in [0.5, 0.6) is 0 Å². The summed E-state index contributed by atoms with van der Waals surface area (Å²) in [6.07, 6.45) is 6.59. The zero-order valence-electron chi connectivity index (χ0n) is 29.0. The summed E-state index contributed by atoms with van der Waals surface area (Å²) in [4.78, 5) is 17.0. The molecule has 4 aromatic heterocycles. The van der Waals surface area contributed by atoms with Gasteiger partial charge >= 0.3 is 0 Å². The molecular formula is C40H46IrNO3S2-. The van der Waals surface area contributed by atoms with Gasteiger partial charge in [0.15, 0.2) is 5.78 Å². The minimum atomic E-state index is -0.337. The van der Waals surface area contributed by atoms with Crippen LogP contribution in [0.25, 0.3) is 53.4 Å². The van der Waals surface area contributed by atoms with Crippen molar-refractivity contribution in [3.63, 3.8) is 0 Å². The van der Waals surface area contributed by atoms with Gasteiger partial charge in [0.25, 0.3) is 0 Å². The van der Waals surface area contributed by atoms with Gasteiger partial charge in [0.2, 0.25) is 0 Å². The van der Waals surface area contributed by atoms with Crippen molar-refractivity contribution >= 4 is 70.6 Å². The smallest absolute Gasteiger partial charge is 0.164 e. The Morgan fingerprint density at radius 3 is 2.19 bits per heavy atom. The second-order valence-electron chi connectivity index (χ2n) is 13.9. The summed E-state index contributed by atoms with van der Waals surface area (Å²) in [5, 5.41) is 19.0. The first-order chi connectivity index (χ1) is 21.8. The maximum Gasteiger partial charge on any atom is 0.164 e. The molecule has 4 heterocycles. The van der Waals surface area contributed by atoms with Crippen LogP contribution in [0.3, 0.4) is 0 Å². The van der Waals surface area contributed by atoms with Crippen molar-refractivity contribution in [2.75, 3.05) is 0 Å². The molecule has 7 heteroatoms. The van der Waals surface area contributed by atoms with Crippen molar-refractivity contribution < 1.29 is 34.4 Å². The summed E-state index contributed by atoms with van der Waals surface area (Å²) in [7, 11) is 0. The molecular weight excluding hydrogens is 799 g/mol. The molecule has 0 fully saturated rings. The summed E-state index contributed by atoms with van der Waals surface area (Å²) in [5.41, 5.74) is 4.53. The third kappa shape index (κ3) is 7.15. The van der Waals surface area contributed by atoms with E-state index in [0.29, 0.717) is 0 Å². The Morgan fingerprint density at radius 1 is 0.894 bits per heavy atom. The Kier molecular flexibility index (Phi) is 11.3. The number of hydrogen-bond acceptors (Lipinski definition) is 6. The Hall–Kier alpha value is -2.83. The van der Waals surface area contributed by atoms with E-state index in [4.69, 9.17) is 9.40 Å². The van der Waals surface area contributed by atoms with Crippen molar-refractivity contribution in [1.29, 1.82) is 0 Å². The zero-order valence-corrected chi connectivity index (χ0v) is 33.0. The predicted molar refractivity (Wildman–Crippen MR) is 198 cm³/mol. The molecule has 0 aliphatic heterocycles. The summed E-state index contributed by atoms with van der Waals surface area (Å²) in [5.74, 6) is 0.286. The number of fused-ring (bicyclic) bond motifs is 5. The van der Waals surface area contributed by atoms with E-state index in [0.717, 1.165) is 64.3 Å². The van der Waals surface area contributed by atoms with Gasteiger partial charge in [-0.3, -0.25) is 9.78 Å². The van der Waals surface area contributed by atoms with E-state index < -0.39 is 0 Å². The SMILES string of the molecule is CC(C)(C)c1cc(-c2nccc3oc4cc5ccsc5cc4c23)[c-]c2ccsc12.CCC(C)(CC)C(=O)/C=C(\O)C(C)(CC)CC.[Ir]. The molecule has 1 radical (unpaired) electrons. The van der Waals surface area contributed by atoms with Crippen molar-refractivity contribution in [1.82, 2.24) is 4.98 Å². The van der Waals surface area contributed by atoms with Crippen LogP contribution in [0, 0.1) is 16.9 Å². The van der Waals surface area contributed by atoms with Crippen molar-refractivity contribution in [2.24, 2.45) is 10.8 Å². The molecule has 6 rings (SSSR count). The Bertz CT molecular complexity index is 2050. The molecule has 0 aliphatic rings. The number of ketones is 1. The van der Waals surface area contributed by atoms with Crippen LogP contribution in [0.1, 0.15) is 93.6 Å². The third-order valence-electron chi connectivity index (χ3n) is 10.1. The molecule has 6 aromatic rings. The zero-order chi connectivity index (χ0) is 33.4. The van der Waals surface area contributed by atoms with Crippen LogP contribution in [0.4, 0.5) is 0 Å². The fourth-order valence-corrected chi connectivity index (χ4v) is 7.64. The number of aliphatic hydroxyl groups is 1. The molecule has 4 nitrogen and oxygen atoms in total. The number of carbonyl (C=O) groups excluding carboxylic acids is 1. The van der Waals surface area contributed by atoms with E-state index >= 15 is 0 Å². The van der Waals surface area contributed by atoms with Gasteiger partial charge in [0.05, 0.1) is 0 Å². The largest absolute Gasteiger partial charge is 0.512 e. The number of carbonyl (C=O) groups is 1. The number of pyridine rings is 1. The van der Waals surface area contributed by atoms with Gasteiger partial charge in [-0.05, 0) is 76.2 Å². The van der Waals surface area contributed by atoms with E-state index in [2.05, 4.69) is 67.9 Å². The van der Waals surface area contributed by atoms with E-state index in [9.17, 15) is 9.90 Å². The Morgan fingerprint density at radius 2 is 1.55 bits per heavy atom. The Labute approximate surface area is 300 Å². The molecule has 47 heavy (non-hydrogen) atoms. The van der Waals surface area contributed by atoms with E-state index in [1.165, 1.54) is 26.4 Å². The fourth-order valence-electron chi connectivity index (χ4n) is 5.76. The predicted octanol–water partition coefficient (Wildman–Crippen LogP) is 12.8. The maximum absolute atomic E-state index is 12.2. The molecule has 0 saturated carbocycles. The Balaban J connectivity index is 0.000000242. The molecule has 0 bridgehead atoms. The number of allylic oxidation sites excluding steroid dienone is 2. The van der Waals surface area contributed by atoms with Crippen LogP contribution >= 0.6 is 22.7 Å². The number of thiophene rings is 2. The normalized spacial score (nSPS) is 12.8. The van der Waals surface area contributed by atoms with Gasteiger partial charge in [-0.1, -0.05) is 73.4 Å². The molecule has 2 aromatic carbocycles. The summed E-state index contributed by atoms with van der Waals surface area (Å²) >= 11 is 3.54. The average Bonchev–Trinajstić information content (AvgIpc) is 3.80. The first-order valence-electron chi connectivity index (χ1n) is 16.4. The number of aromatic nitrogens is 1. The molecule has 0 amide bonds. The molecule has 0 spiro atoms. The van der Waals surface area contributed by atoms with Crippen LogP contribution in [0.2, 0.25) is 0 Å². The van der Waals surface area contributed by atoms with Gasteiger partial charge in [0, 0.05) is 64.4 Å². The van der Waals surface area contributed by atoms with Gasteiger partial charge in [-0.25, -0.2) is 0 Å². The molecule has 251 valence electrons. The molecule has 0 aliphatic carbocycles. The standard InChI is InChI=1S/C25H18NOS2.C15H28O2.Ir/c1-25(2,3)18-11-16(10-15-6-9-29-24(15)18)23-22-17-13-21-14(5-8-28-21)12-20(17)27-19(22)4-7-26-23;1-7-14(5,8-2)12(16)11-13(17)15(6,9-3)10-4;/h4-9,11-13H,1-3H3;11,16H,7-10H2,1-6H3;/q-1;;/b;12-11-;. The molecule has 0 atom stereocenters. The monoisotopic (exact) mass is 845 g/mol. The second kappa shape index (κ2) is 14.3. The minimum Gasteiger partial charge on any atom is -0.512 e. The van der Waals surface area contributed by atoms with Gasteiger partial charge in [-0.2, -0.15) is 11.3 Å². The van der Waals surface area contributed by atoms with Crippen molar-refractivity contribution in [3.05, 3.63) is 76.8 Å². The number of benzene rings is 2. The number of furan rings is 1. The summed E-state index contributed by atoms with van der Waals surface area (Å²) in [6, 6.07) is 16.5. The second-order valence-corrected chi connectivity index (χ2v) is 15.7. The number of rotatable bonds is 8. The number of aliphatic hydroxyl groups excluding tert-OH is 1.